The highest BCUT2D eigenvalue weighted by molar-refractivity contribution is 7.22. The number of benzene rings is 2. The number of rotatable bonds is 7. The summed E-state index contributed by atoms with van der Waals surface area (Å²) in [6.45, 7) is 0.470. The van der Waals surface area contributed by atoms with Gasteiger partial charge in [-0.25, -0.2) is 9.37 Å². The number of amides is 1. The van der Waals surface area contributed by atoms with Crippen LogP contribution in [0.15, 0.2) is 54.9 Å². The molecule has 2 aromatic carbocycles. The Bertz CT molecular complexity index is 1180. The third-order valence-electron chi connectivity index (χ3n) is 4.25. The van der Waals surface area contributed by atoms with Gasteiger partial charge in [0.05, 0.1) is 16.3 Å². The second kappa shape index (κ2) is 8.99. The van der Waals surface area contributed by atoms with Gasteiger partial charge in [-0.05, 0) is 36.4 Å². The normalized spacial score (nSPS) is 11.0. The number of hydrogen-bond donors (Lipinski definition) is 0. The molecule has 4 aromatic rings. The van der Waals surface area contributed by atoms with Crippen LogP contribution in [-0.2, 0) is 11.3 Å². The number of ether oxygens (including phenoxy) is 1. The average molecular weight is 465 g/mol. The van der Waals surface area contributed by atoms with E-state index in [0.29, 0.717) is 38.7 Å². The van der Waals surface area contributed by atoms with Gasteiger partial charge in [-0.3, -0.25) is 14.4 Å². The standard InChI is InChI=1S/C20H15Cl2FN4O2S/c21-13-5-6-16(14(22)11-13)29-12-18(28)27(10-9-26-8-2-7-24-26)20-25-19-15(23)3-1-4-17(19)30-20/h1-8,11H,9-10,12H2. The summed E-state index contributed by atoms with van der Waals surface area (Å²) >= 11 is 13.2. The molecule has 0 radical (unpaired) electrons. The quantitative estimate of drug-likeness (QED) is 0.383. The van der Waals surface area contributed by atoms with E-state index in [1.165, 1.54) is 28.4 Å². The van der Waals surface area contributed by atoms with Gasteiger partial charge >= 0.3 is 0 Å². The third-order valence-corrected chi connectivity index (χ3v) is 5.82. The maximum absolute atomic E-state index is 14.1. The van der Waals surface area contributed by atoms with E-state index in [9.17, 15) is 9.18 Å². The van der Waals surface area contributed by atoms with Crippen molar-refractivity contribution in [2.75, 3.05) is 18.1 Å². The number of fused-ring (bicyclic) bond motifs is 1. The van der Waals surface area contributed by atoms with Crippen LogP contribution < -0.4 is 9.64 Å². The summed E-state index contributed by atoms with van der Waals surface area (Å²) < 4.78 is 22.0. The number of anilines is 1. The maximum atomic E-state index is 14.1. The van der Waals surface area contributed by atoms with E-state index >= 15 is 0 Å². The zero-order valence-electron chi connectivity index (χ0n) is 15.5. The lowest BCUT2D eigenvalue weighted by Gasteiger charge is -2.20. The molecule has 0 saturated carbocycles. The van der Waals surface area contributed by atoms with Gasteiger partial charge in [0, 0.05) is 24.0 Å². The first-order valence-corrected chi connectivity index (χ1v) is 10.5. The predicted molar refractivity (Wildman–Crippen MR) is 116 cm³/mol. The molecule has 0 fully saturated rings. The Balaban J connectivity index is 1.56. The van der Waals surface area contributed by atoms with Gasteiger partial charge in [-0.15, -0.1) is 0 Å². The number of halogens is 3. The van der Waals surface area contributed by atoms with Crippen LogP contribution in [0.3, 0.4) is 0 Å². The van der Waals surface area contributed by atoms with Gasteiger partial charge in [0.2, 0.25) is 0 Å². The van der Waals surface area contributed by atoms with Crippen LogP contribution in [-0.4, -0.2) is 33.8 Å². The molecule has 1 amide bonds. The summed E-state index contributed by atoms with van der Waals surface area (Å²) in [6.07, 6.45) is 3.45. The summed E-state index contributed by atoms with van der Waals surface area (Å²) in [5.41, 5.74) is 0.232. The van der Waals surface area contributed by atoms with E-state index in [1.54, 1.807) is 47.4 Å². The molecule has 0 atom stereocenters. The molecule has 30 heavy (non-hydrogen) atoms. The molecule has 2 heterocycles. The smallest absolute Gasteiger partial charge is 0.266 e. The molecule has 0 bridgehead atoms. The molecule has 0 unspecified atom stereocenters. The molecule has 2 aromatic heterocycles. The predicted octanol–water partition coefficient (Wildman–Crippen LogP) is 5.05. The van der Waals surface area contributed by atoms with Crippen molar-refractivity contribution in [3.05, 3.63) is 70.7 Å². The lowest BCUT2D eigenvalue weighted by atomic mass is 10.3. The highest BCUT2D eigenvalue weighted by Crippen LogP contribution is 2.31. The Kier molecular flexibility index (Phi) is 6.17. The van der Waals surface area contributed by atoms with Crippen LogP contribution in [0.5, 0.6) is 5.75 Å². The average Bonchev–Trinajstić information content (AvgIpc) is 3.38. The molecule has 4 rings (SSSR count). The minimum atomic E-state index is -0.432. The van der Waals surface area contributed by atoms with Gasteiger partial charge in [0.1, 0.15) is 17.1 Å². The molecule has 0 saturated heterocycles. The van der Waals surface area contributed by atoms with Gasteiger partial charge in [0.25, 0.3) is 5.91 Å². The minimum absolute atomic E-state index is 0.232. The molecule has 10 heteroatoms. The number of para-hydroxylation sites is 1. The Morgan fingerprint density at radius 1 is 1.23 bits per heavy atom. The number of carbonyl (C=O) groups excluding carboxylic acids is 1. The highest BCUT2D eigenvalue weighted by Gasteiger charge is 2.22. The maximum Gasteiger partial charge on any atom is 0.266 e. The van der Waals surface area contributed by atoms with E-state index in [0.717, 1.165) is 0 Å². The van der Waals surface area contributed by atoms with Crippen molar-refractivity contribution < 1.29 is 13.9 Å². The number of nitrogens with zero attached hydrogens (tertiary/aromatic N) is 4. The van der Waals surface area contributed by atoms with E-state index in [4.69, 9.17) is 27.9 Å². The summed E-state index contributed by atoms with van der Waals surface area (Å²) in [4.78, 5) is 18.8. The zero-order valence-corrected chi connectivity index (χ0v) is 17.8. The number of hydrogen-bond acceptors (Lipinski definition) is 5. The number of carbonyl (C=O) groups is 1. The first kappa shape index (κ1) is 20.6. The molecule has 0 aliphatic rings. The van der Waals surface area contributed by atoms with Crippen LogP contribution in [0.1, 0.15) is 0 Å². The first-order valence-electron chi connectivity index (χ1n) is 8.92. The largest absolute Gasteiger partial charge is 0.482 e. The second-order valence-corrected chi connectivity index (χ2v) is 8.11. The van der Waals surface area contributed by atoms with E-state index in [-0.39, 0.29) is 18.0 Å². The molecule has 0 aliphatic carbocycles. The summed E-state index contributed by atoms with van der Waals surface area (Å²) in [6, 6.07) is 11.3. The van der Waals surface area contributed by atoms with Crippen molar-refractivity contribution in [3.63, 3.8) is 0 Å². The highest BCUT2D eigenvalue weighted by atomic mass is 35.5. The van der Waals surface area contributed by atoms with Crippen molar-refractivity contribution in [2.24, 2.45) is 0 Å². The van der Waals surface area contributed by atoms with Crippen LogP contribution in [0, 0.1) is 5.82 Å². The minimum Gasteiger partial charge on any atom is -0.482 e. The molecule has 0 N–H and O–H groups in total. The number of aromatic nitrogens is 3. The molecular weight excluding hydrogens is 450 g/mol. The fourth-order valence-electron chi connectivity index (χ4n) is 2.79. The lowest BCUT2D eigenvalue weighted by molar-refractivity contribution is -0.120. The second-order valence-electron chi connectivity index (χ2n) is 6.26. The van der Waals surface area contributed by atoms with E-state index in [2.05, 4.69) is 10.1 Å². The summed E-state index contributed by atoms with van der Waals surface area (Å²) in [5, 5.41) is 5.31. The van der Waals surface area contributed by atoms with E-state index in [1.807, 2.05) is 0 Å². The van der Waals surface area contributed by atoms with Crippen LogP contribution in [0.4, 0.5) is 9.52 Å². The van der Waals surface area contributed by atoms with Crippen LogP contribution in [0.25, 0.3) is 10.2 Å². The van der Waals surface area contributed by atoms with Crippen LogP contribution in [0.2, 0.25) is 10.0 Å². The summed E-state index contributed by atoms with van der Waals surface area (Å²) in [5.74, 6) is -0.428. The molecular formula is C20H15Cl2FN4O2S. The Morgan fingerprint density at radius 2 is 2.10 bits per heavy atom. The van der Waals surface area contributed by atoms with E-state index < -0.39 is 5.82 Å². The molecule has 0 aliphatic heterocycles. The Morgan fingerprint density at radius 3 is 2.83 bits per heavy atom. The Hall–Kier alpha value is -2.68. The van der Waals surface area contributed by atoms with Crippen molar-refractivity contribution >= 4 is 55.8 Å². The fraction of sp³-hybridized carbons (Fsp3) is 0.150. The lowest BCUT2D eigenvalue weighted by Crippen LogP contribution is -2.37. The van der Waals surface area contributed by atoms with Crippen molar-refractivity contribution in [1.29, 1.82) is 0 Å². The fourth-order valence-corrected chi connectivity index (χ4v) is 4.28. The van der Waals surface area contributed by atoms with Gasteiger partial charge in [-0.2, -0.15) is 5.10 Å². The summed E-state index contributed by atoms with van der Waals surface area (Å²) in [7, 11) is 0. The van der Waals surface area contributed by atoms with Gasteiger partial charge in [0.15, 0.2) is 11.7 Å². The van der Waals surface area contributed by atoms with Crippen LogP contribution >= 0.6 is 34.5 Å². The SMILES string of the molecule is O=C(COc1ccc(Cl)cc1Cl)N(CCn1cccn1)c1nc2c(F)cccc2s1. The van der Waals surface area contributed by atoms with Crippen molar-refractivity contribution in [1.82, 2.24) is 14.8 Å². The monoisotopic (exact) mass is 464 g/mol. The van der Waals surface area contributed by atoms with Gasteiger partial charge < -0.3 is 4.74 Å². The third kappa shape index (κ3) is 4.56. The Labute approximate surface area is 185 Å². The molecule has 154 valence electrons. The molecule has 6 nitrogen and oxygen atoms in total. The van der Waals surface area contributed by atoms with Crippen molar-refractivity contribution in [3.8, 4) is 5.75 Å². The van der Waals surface area contributed by atoms with Crippen molar-refractivity contribution in [2.45, 2.75) is 6.54 Å². The zero-order chi connectivity index (χ0) is 21.1. The number of thiazole rings is 1. The van der Waals surface area contributed by atoms with Gasteiger partial charge in [-0.1, -0.05) is 40.6 Å². The first-order chi connectivity index (χ1) is 14.5. The molecule has 0 spiro atoms. The topological polar surface area (TPSA) is 60.2 Å².